The predicted molar refractivity (Wildman–Crippen MR) is 149 cm³/mol. The zero-order chi connectivity index (χ0) is 27.8. The Morgan fingerprint density at radius 1 is 0.805 bits per heavy atom. The zero-order valence-electron chi connectivity index (χ0n) is 21.9. The summed E-state index contributed by atoms with van der Waals surface area (Å²) in [6, 6.07) is 24.0. The number of hydrogen-bond acceptors (Lipinski definition) is 7. The van der Waals surface area contributed by atoms with E-state index in [1.54, 1.807) is 30.3 Å². The van der Waals surface area contributed by atoms with Crippen LogP contribution < -0.4 is 23.8 Å². The smallest absolute Gasteiger partial charge is 0.319 e. The van der Waals surface area contributed by atoms with E-state index < -0.39 is 35.5 Å². The number of allylic oxidation sites excluding steroid dienone is 1. The molecular weight excluding hydrogens is 522 g/mol. The fourth-order valence-electron chi connectivity index (χ4n) is 6.83. The molecule has 0 N–H and O–H groups in total. The first-order valence-corrected chi connectivity index (χ1v) is 13.4. The first kappa shape index (κ1) is 23.7. The number of hydrogen-bond donors (Lipinski definition) is 0. The van der Waals surface area contributed by atoms with Gasteiger partial charge in [-0.15, -0.1) is 0 Å². The van der Waals surface area contributed by atoms with Crippen LogP contribution in [0.15, 0.2) is 84.9 Å². The van der Waals surface area contributed by atoms with Crippen LogP contribution in [0.2, 0.25) is 0 Å². The van der Waals surface area contributed by atoms with Crippen molar-refractivity contribution in [2.45, 2.75) is 5.92 Å². The first-order valence-electron chi connectivity index (χ1n) is 13.4. The molecule has 4 aromatic rings. The number of benzene rings is 4. The molecule has 0 spiro atoms. The van der Waals surface area contributed by atoms with Crippen LogP contribution >= 0.6 is 0 Å². The van der Waals surface area contributed by atoms with Crippen LogP contribution in [-0.4, -0.2) is 31.7 Å². The van der Waals surface area contributed by atoms with Crippen molar-refractivity contribution in [2.75, 3.05) is 18.8 Å². The highest BCUT2D eigenvalue weighted by Crippen LogP contribution is 2.56. The molecular formula is C33H23NO7. The average molecular weight is 546 g/mol. The number of carbonyl (C=O) groups is 3. The molecule has 0 aromatic heterocycles. The maximum absolute atomic E-state index is 14.3. The number of ether oxygens (including phenoxy) is 4. The molecule has 0 unspecified atom stereocenters. The van der Waals surface area contributed by atoms with E-state index in [4.69, 9.17) is 18.9 Å². The van der Waals surface area contributed by atoms with Gasteiger partial charge in [-0.25, -0.2) is 4.90 Å². The van der Waals surface area contributed by atoms with Gasteiger partial charge in [-0.3, -0.25) is 14.4 Å². The first-order chi connectivity index (χ1) is 20.0. The summed E-state index contributed by atoms with van der Waals surface area (Å²) in [6.07, 6.45) is 1.98. The molecule has 0 bridgehead atoms. The number of fused-ring (bicyclic) bond motifs is 8. The quantitative estimate of drug-likeness (QED) is 0.201. The maximum atomic E-state index is 14.3. The normalized spacial score (nSPS) is 24.0. The van der Waals surface area contributed by atoms with Gasteiger partial charge in [0.05, 0.1) is 30.6 Å². The van der Waals surface area contributed by atoms with Gasteiger partial charge in [-0.1, -0.05) is 54.6 Å². The summed E-state index contributed by atoms with van der Waals surface area (Å²) in [4.78, 5) is 43.5. The number of carbonyl (C=O) groups excluding carboxylic acids is 3. The van der Waals surface area contributed by atoms with Gasteiger partial charge in [-0.2, -0.15) is 0 Å². The third kappa shape index (κ3) is 3.30. The fourth-order valence-corrected chi connectivity index (χ4v) is 6.83. The molecule has 4 atom stereocenters. The Bertz CT molecular complexity index is 1840. The number of imide groups is 1. The van der Waals surface area contributed by atoms with Crippen LogP contribution in [0.3, 0.4) is 0 Å². The van der Waals surface area contributed by atoms with Crippen LogP contribution in [0.25, 0.3) is 16.3 Å². The molecule has 202 valence electrons. The van der Waals surface area contributed by atoms with Crippen LogP contribution in [0.4, 0.5) is 5.69 Å². The molecule has 8 rings (SSSR count). The summed E-state index contributed by atoms with van der Waals surface area (Å²) < 4.78 is 22.5. The van der Waals surface area contributed by atoms with E-state index in [9.17, 15) is 14.4 Å². The molecule has 1 fully saturated rings. The third-order valence-corrected chi connectivity index (χ3v) is 8.59. The van der Waals surface area contributed by atoms with Gasteiger partial charge in [0.25, 0.3) is 0 Å². The minimum atomic E-state index is -0.970. The van der Waals surface area contributed by atoms with E-state index in [-0.39, 0.29) is 12.7 Å². The number of amides is 2. The second kappa shape index (κ2) is 8.69. The molecule has 4 aliphatic rings. The van der Waals surface area contributed by atoms with Crippen molar-refractivity contribution >= 4 is 39.8 Å². The van der Waals surface area contributed by atoms with E-state index >= 15 is 0 Å². The van der Waals surface area contributed by atoms with Crippen molar-refractivity contribution in [3.05, 3.63) is 96.1 Å². The summed E-state index contributed by atoms with van der Waals surface area (Å²) >= 11 is 0. The van der Waals surface area contributed by atoms with E-state index in [2.05, 4.69) is 0 Å². The van der Waals surface area contributed by atoms with Crippen molar-refractivity contribution in [3.63, 3.8) is 0 Å². The lowest BCUT2D eigenvalue weighted by molar-refractivity contribution is -0.142. The largest absolute Gasteiger partial charge is 0.495 e. The number of anilines is 1. The van der Waals surface area contributed by atoms with Crippen molar-refractivity contribution in [1.29, 1.82) is 0 Å². The zero-order valence-corrected chi connectivity index (χ0v) is 21.9. The lowest BCUT2D eigenvalue weighted by atomic mass is 9.64. The number of para-hydroxylation sites is 2. The Morgan fingerprint density at radius 2 is 1.56 bits per heavy atom. The van der Waals surface area contributed by atoms with Gasteiger partial charge in [0.15, 0.2) is 11.5 Å². The Morgan fingerprint density at radius 3 is 2.44 bits per heavy atom. The van der Waals surface area contributed by atoms with Crippen molar-refractivity contribution in [3.8, 4) is 23.0 Å². The second-order valence-corrected chi connectivity index (χ2v) is 10.6. The predicted octanol–water partition coefficient (Wildman–Crippen LogP) is 5.10. The average Bonchev–Trinajstić information content (AvgIpc) is 3.58. The lowest BCUT2D eigenvalue weighted by Crippen LogP contribution is -2.42. The molecule has 0 saturated carbocycles. The van der Waals surface area contributed by atoms with Crippen molar-refractivity contribution < 1.29 is 33.3 Å². The second-order valence-electron chi connectivity index (χ2n) is 10.6. The minimum absolute atomic E-state index is 0.114. The van der Waals surface area contributed by atoms with Gasteiger partial charge >= 0.3 is 5.97 Å². The molecule has 0 radical (unpaired) electrons. The molecule has 4 aromatic carbocycles. The van der Waals surface area contributed by atoms with E-state index in [1.165, 1.54) is 12.0 Å². The highest BCUT2D eigenvalue weighted by molar-refractivity contribution is 6.25. The van der Waals surface area contributed by atoms with Crippen LogP contribution in [0.1, 0.15) is 17.0 Å². The van der Waals surface area contributed by atoms with Crippen molar-refractivity contribution in [1.82, 2.24) is 0 Å². The molecule has 3 heterocycles. The Balaban J connectivity index is 1.37. The summed E-state index contributed by atoms with van der Waals surface area (Å²) in [5, 5.41) is 1.89. The summed E-state index contributed by atoms with van der Waals surface area (Å²) in [7, 11) is 1.49. The number of methoxy groups -OCH3 is 1. The van der Waals surface area contributed by atoms with Crippen LogP contribution in [0, 0.1) is 17.8 Å². The standard InChI is InChI=1S/C33H23NO7/c1-38-23-9-5-4-8-22(23)34-31(35)28-20(18-11-12-24-26(14-18)40-16-39-24)15-21-27-19-7-3-2-6-17(19)10-13-25(27)41-33(37)29(21)30(28)32(34)36/h2-15,20,28-30H,16H2,1H3/t20-,28+,29+,30-/m0/s1. The van der Waals surface area contributed by atoms with Crippen molar-refractivity contribution in [2.24, 2.45) is 17.8 Å². The highest BCUT2D eigenvalue weighted by atomic mass is 16.7. The molecule has 1 saturated heterocycles. The number of nitrogens with zero attached hydrogens (tertiary/aromatic N) is 1. The third-order valence-electron chi connectivity index (χ3n) is 8.59. The van der Waals surface area contributed by atoms with E-state index in [0.717, 1.165) is 21.9 Å². The molecule has 8 heteroatoms. The van der Waals surface area contributed by atoms with Gasteiger partial charge in [0, 0.05) is 11.5 Å². The highest BCUT2D eigenvalue weighted by Gasteiger charge is 2.61. The lowest BCUT2D eigenvalue weighted by Gasteiger charge is -2.38. The molecule has 41 heavy (non-hydrogen) atoms. The van der Waals surface area contributed by atoms with Gasteiger partial charge in [0.1, 0.15) is 11.5 Å². The molecule has 8 nitrogen and oxygen atoms in total. The van der Waals surface area contributed by atoms with E-state index in [0.29, 0.717) is 34.3 Å². The Labute approximate surface area is 234 Å². The monoisotopic (exact) mass is 545 g/mol. The molecule has 1 aliphatic carbocycles. The molecule has 2 amide bonds. The minimum Gasteiger partial charge on any atom is -0.495 e. The van der Waals surface area contributed by atoms with Crippen LogP contribution in [0.5, 0.6) is 23.0 Å². The Kier molecular flexibility index (Phi) is 5.04. The SMILES string of the molecule is COc1ccccc1N1C(=O)[C@@H]2[C@@H]3C(=O)Oc4ccc5ccccc5c4C3=C[C@@H](c3ccc4c(c3)OCO4)[C@H]2C1=O. The topological polar surface area (TPSA) is 91.4 Å². The summed E-state index contributed by atoms with van der Waals surface area (Å²) in [6.45, 7) is 0.114. The fraction of sp³-hybridized carbons (Fsp3) is 0.182. The Hall–Kier alpha value is -5.11. The number of rotatable bonds is 3. The molecule has 3 aliphatic heterocycles. The van der Waals surface area contributed by atoms with Crippen LogP contribution in [-0.2, 0) is 14.4 Å². The van der Waals surface area contributed by atoms with E-state index in [1.807, 2.05) is 54.6 Å². The van der Waals surface area contributed by atoms with Gasteiger partial charge in [0.2, 0.25) is 18.6 Å². The van der Waals surface area contributed by atoms with Gasteiger partial charge in [-0.05, 0) is 52.2 Å². The van der Waals surface area contributed by atoms with Gasteiger partial charge < -0.3 is 18.9 Å². The summed E-state index contributed by atoms with van der Waals surface area (Å²) in [5.41, 5.74) is 2.60. The maximum Gasteiger partial charge on any atom is 0.319 e. The number of esters is 1. The summed E-state index contributed by atoms with van der Waals surface area (Å²) in [5.74, 6) is -2.63.